The van der Waals surface area contributed by atoms with Crippen molar-refractivity contribution in [1.29, 1.82) is 0 Å². The van der Waals surface area contributed by atoms with Gasteiger partial charge in [0.15, 0.2) is 0 Å². The number of carboxylic acid groups (broad SMARTS) is 1. The van der Waals surface area contributed by atoms with E-state index in [1.807, 2.05) is 19.1 Å². The molecule has 84 valence electrons. The van der Waals surface area contributed by atoms with Crippen molar-refractivity contribution in [3.8, 4) is 5.75 Å². The first kappa shape index (κ1) is 10.5. The maximum atomic E-state index is 10.7. The second kappa shape index (κ2) is 3.89. The van der Waals surface area contributed by atoms with Gasteiger partial charge in [0.1, 0.15) is 23.5 Å². The molecule has 0 spiro atoms. The average molecular weight is 220 g/mol. The third kappa shape index (κ3) is 1.62. The first-order valence-electron chi connectivity index (χ1n) is 4.90. The van der Waals surface area contributed by atoms with Crippen molar-refractivity contribution in [2.45, 2.75) is 13.3 Å². The summed E-state index contributed by atoms with van der Waals surface area (Å²) in [6.45, 7) is 1.84. The summed E-state index contributed by atoms with van der Waals surface area (Å²) in [5.74, 6) is 0.281. The Kier molecular flexibility index (Phi) is 2.56. The van der Waals surface area contributed by atoms with Crippen LogP contribution in [0.2, 0.25) is 0 Å². The normalized spacial score (nSPS) is 10.6. The minimum atomic E-state index is -0.902. The lowest BCUT2D eigenvalue weighted by Gasteiger charge is -2.00. The Morgan fingerprint density at radius 2 is 2.25 bits per heavy atom. The maximum Gasteiger partial charge on any atom is 0.311 e. The van der Waals surface area contributed by atoms with Crippen molar-refractivity contribution in [3.05, 3.63) is 29.5 Å². The highest BCUT2D eigenvalue weighted by Gasteiger charge is 2.16. The quantitative estimate of drug-likeness (QED) is 0.862. The number of ether oxygens (including phenoxy) is 1. The number of carbonyl (C=O) groups is 1. The number of carboxylic acids is 1. The van der Waals surface area contributed by atoms with Crippen LogP contribution in [0.15, 0.2) is 22.6 Å². The molecule has 0 aliphatic heterocycles. The SMILES string of the molecule is COc1cccc2oc(CC(=O)O)c(C)c12. The van der Waals surface area contributed by atoms with Crippen molar-refractivity contribution in [3.63, 3.8) is 0 Å². The zero-order valence-electron chi connectivity index (χ0n) is 9.11. The Balaban J connectivity index is 2.63. The first-order chi connectivity index (χ1) is 7.63. The van der Waals surface area contributed by atoms with Crippen LogP contribution in [0.25, 0.3) is 11.0 Å². The fourth-order valence-electron chi connectivity index (χ4n) is 1.79. The van der Waals surface area contributed by atoms with Gasteiger partial charge in [-0.3, -0.25) is 4.79 Å². The molecule has 0 saturated carbocycles. The van der Waals surface area contributed by atoms with Gasteiger partial charge >= 0.3 is 5.97 Å². The summed E-state index contributed by atoms with van der Waals surface area (Å²) >= 11 is 0. The van der Waals surface area contributed by atoms with Gasteiger partial charge in [0.2, 0.25) is 0 Å². The summed E-state index contributed by atoms with van der Waals surface area (Å²) in [7, 11) is 1.58. The number of furan rings is 1. The Labute approximate surface area is 92.4 Å². The molecule has 4 heteroatoms. The summed E-state index contributed by atoms with van der Waals surface area (Å²) in [6, 6.07) is 5.44. The molecule has 0 saturated heterocycles. The third-order valence-electron chi connectivity index (χ3n) is 2.55. The maximum absolute atomic E-state index is 10.7. The molecule has 0 bridgehead atoms. The number of rotatable bonds is 3. The van der Waals surface area contributed by atoms with Crippen molar-refractivity contribution in [1.82, 2.24) is 0 Å². The summed E-state index contributed by atoms with van der Waals surface area (Å²) in [5.41, 5.74) is 1.49. The van der Waals surface area contributed by atoms with Crippen LogP contribution in [0, 0.1) is 6.92 Å². The van der Waals surface area contributed by atoms with Crippen LogP contribution in [0.1, 0.15) is 11.3 Å². The Hall–Kier alpha value is -1.97. The standard InChI is InChI=1S/C12H12O4/c1-7-10(6-11(13)14)16-9-5-3-4-8(15-2)12(7)9/h3-5H,6H2,1-2H3,(H,13,14). The molecule has 1 heterocycles. The van der Waals surface area contributed by atoms with Gasteiger partial charge in [-0.2, -0.15) is 0 Å². The van der Waals surface area contributed by atoms with Gasteiger partial charge < -0.3 is 14.3 Å². The average Bonchev–Trinajstić information content (AvgIpc) is 2.55. The number of fused-ring (bicyclic) bond motifs is 1. The van der Waals surface area contributed by atoms with Crippen molar-refractivity contribution in [2.24, 2.45) is 0 Å². The van der Waals surface area contributed by atoms with E-state index >= 15 is 0 Å². The van der Waals surface area contributed by atoms with Gasteiger partial charge in [-0.05, 0) is 19.1 Å². The molecule has 16 heavy (non-hydrogen) atoms. The van der Waals surface area contributed by atoms with Crippen LogP contribution >= 0.6 is 0 Å². The van der Waals surface area contributed by atoms with Crippen molar-refractivity contribution >= 4 is 16.9 Å². The van der Waals surface area contributed by atoms with Crippen LogP contribution in [-0.2, 0) is 11.2 Å². The summed E-state index contributed by atoms with van der Waals surface area (Å²) in [6.07, 6.45) is -0.107. The molecule has 1 N–H and O–H groups in total. The molecule has 1 aromatic heterocycles. The number of methoxy groups -OCH3 is 1. The van der Waals surface area contributed by atoms with E-state index in [9.17, 15) is 4.79 Å². The largest absolute Gasteiger partial charge is 0.496 e. The van der Waals surface area contributed by atoms with Crippen LogP contribution in [0.3, 0.4) is 0 Å². The molecular weight excluding hydrogens is 208 g/mol. The molecule has 0 fully saturated rings. The summed E-state index contributed by atoms with van der Waals surface area (Å²) in [5, 5.41) is 9.60. The summed E-state index contributed by atoms with van der Waals surface area (Å²) < 4.78 is 10.7. The van der Waals surface area contributed by atoms with Crippen LogP contribution in [0.4, 0.5) is 0 Å². The van der Waals surface area contributed by atoms with E-state index in [-0.39, 0.29) is 6.42 Å². The molecule has 1 aromatic carbocycles. The van der Waals surface area contributed by atoms with Crippen LogP contribution in [-0.4, -0.2) is 18.2 Å². The third-order valence-corrected chi connectivity index (χ3v) is 2.55. The van der Waals surface area contributed by atoms with E-state index in [0.717, 1.165) is 10.9 Å². The predicted molar refractivity (Wildman–Crippen MR) is 58.8 cm³/mol. The highest BCUT2D eigenvalue weighted by atomic mass is 16.5. The molecule has 2 aromatic rings. The first-order valence-corrected chi connectivity index (χ1v) is 4.90. The molecule has 0 aliphatic rings. The van der Waals surface area contributed by atoms with Crippen molar-refractivity contribution < 1.29 is 19.1 Å². The van der Waals surface area contributed by atoms with E-state index in [4.69, 9.17) is 14.3 Å². The van der Waals surface area contributed by atoms with E-state index in [0.29, 0.717) is 17.1 Å². The molecule has 0 radical (unpaired) electrons. The van der Waals surface area contributed by atoms with Gasteiger partial charge in [0, 0.05) is 5.56 Å². The highest BCUT2D eigenvalue weighted by molar-refractivity contribution is 5.89. The lowest BCUT2D eigenvalue weighted by atomic mass is 10.1. The number of hydrogen-bond acceptors (Lipinski definition) is 3. The van der Waals surface area contributed by atoms with Gasteiger partial charge in [-0.15, -0.1) is 0 Å². The molecule has 0 amide bonds. The lowest BCUT2D eigenvalue weighted by molar-refractivity contribution is -0.136. The van der Waals surface area contributed by atoms with E-state index < -0.39 is 5.97 Å². The van der Waals surface area contributed by atoms with Gasteiger partial charge in [0.25, 0.3) is 0 Å². The molecule has 2 rings (SSSR count). The molecule has 0 atom stereocenters. The lowest BCUT2D eigenvalue weighted by Crippen LogP contribution is -1.99. The fourth-order valence-corrected chi connectivity index (χ4v) is 1.79. The molecular formula is C12H12O4. The number of benzene rings is 1. The zero-order valence-corrected chi connectivity index (χ0v) is 9.11. The molecule has 4 nitrogen and oxygen atoms in total. The molecule has 0 unspecified atom stereocenters. The zero-order chi connectivity index (χ0) is 11.7. The predicted octanol–water partition coefficient (Wildman–Crippen LogP) is 2.38. The van der Waals surface area contributed by atoms with Crippen molar-refractivity contribution in [2.75, 3.05) is 7.11 Å². The van der Waals surface area contributed by atoms with Gasteiger partial charge in [-0.25, -0.2) is 0 Å². The number of hydrogen-bond donors (Lipinski definition) is 1. The minimum absolute atomic E-state index is 0.107. The van der Waals surface area contributed by atoms with E-state index in [1.54, 1.807) is 13.2 Å². The van der Waals surface area contributed by atoms with E-state index in [1.165, 1.54) is 0 Å². The fraction of sp³-hybridized carbons (Fsp3) is 0.250. The monoisotopic (exact) mass is 220 g/mol. The van der Waals surface area contributed by atoms with Crippen LogP contribution in [0.5, 0.6) is 5.75 Å². The smallest absolute Gasteiger partial charge is 0.311 e. The Morgan fingerprint density at radius 1 is 1.50 bits per heavy atom. The summed E-state index contributed by atoms with van der Waals surface area (Å²) in [4.78, 5) is 10.7. The number of aliphatic carboxylic acids is 1. The Morgan fingerprint density at radius 3 is 2.88 bits per heavy atom. The topological polar surface area (TPSA) is 59.7 Å². The number of aryl methyl sites for hydroxylation is 1. The highest BCUT2D eigenvalue weighted by Crippen LogP contribution is 2.32. The van der Waals surface area contributed by atoms with Gasteiger partial charge in [0.05, 0.1) is 12.5 Å². The second-order valence-corrected chi connectivity index (χ2v) is 3.55. The second-order valence-electron chi connectivity index (χ2n) is 3.55. The van der Waals surface area contributed by atoms with Crippen LogP contribution < -0.4 is 4.74 Å². The molecule has 0 aliphatic carbocycles. The Bertz CT molecular complexity index is 539. The van der Waals surface area contributed by atoms with Gasteiger partial charge in [-0.1, -0.05) is 6.07 Å². The van der Waals surface area contributed by atoms with E-state index in [2.05, 4.69) is 0 Å². The minimum Gasteiger partial charge on any atom is -0.496 e.